The molecule has 2 aliphatic rings. The minimum atomic E-state index is -0.988. The summed E-state index contributed by atoms with van der Waals surface area (Å²) in [7, 11) is 0. The van der Waals surface area contributed by atoms with Gasteiger partial charge >= 0.3 is 0 Å². The van der Waals surface area contributed by atoms with Crippen molar-refractivity contribution in [1.29, 1.82) is 0 Å². The van der Waals surface area contributed by atoms with Crippen molar-refractivity contribution in [1.82, 2.24) is 9.78 Å². The Balaban J connectivity index is 1.49. The van der Waals surface area contributed by atoms with E-state index in [9.17, 15) is 18.4 Å². The Morgan fingerprint density at radius 1 is 0.718 bits per heavy atom. The van der Waals surface area contributed by atoms with Gasteiger partial charge in [0.05, 0.1) is 6.54 Å². The number of piperidine rings is 1. The first-order valence-corrected chi connectivity index (χ1v) is 13.9. The third kappa shape index (κ3) is 6.46. The number of anilines is 3. The van der Waals surface area contributed by atoms with Crippen LogP contribution in [0.2, 0.25) is 0 Å². The van der Waals surface area contributed by atoms with E-state index in [2.05, 4.69) is 4.90 Å². The lowest BCUT2D eigenvalue weighted by Crippen LogP contribution is -2.43. The molecule has 0 radical (unpaired) electrons. The summed E-state index contributed by atoms with van der Waals surface area (Å²) in [6.45, 7) is 3.45. The van der Waals surface area contributed by atoms with Crippen LogP contribution in [-0.2, 0) is 11.3 Å². The number of carbonyl (C=O) groups excluding carboxylic acids is 1. The zero-order valence-electron chi connectivity index (χ0n) is 22.2. The van der Waals surface area contributed by atoms with Gasteiger partial charge in [-0.15, -0.1) is 0 Å². The van der Waals surface area contributed by atoms with Gasteiger partial charge in [-0.3, -0.25) is 9.59 Å². The van der Waals surface area contributed by atoms with Crippen LogP contribution >= 0.6 is 0 Å². The van der Waals surface area contributed by atoms with Gasteiger partial charge in [-0.05, 0) is 49.8 Å². The zero-order chi connectivity index (χ0) is 27.2. The molecule has 2 aromatic carbocycles. The Bertz CT molecular complexity index is 1340. The summed E-state index contributed by atoms with van der Waals surface area (Å²) >= 11 is 0. The molecule has 7 nitrogen and oxygen atoms in total. The average Bonchev–Trinajstić information content (AvgIpc) is 2.96. The molecule has 2 aliphatic heterocycles. The summed E-state index contributed by atoms with van der Waals surface area (Å²) in [4.78, 5) is 32.7. The second-order valence-corrected chi connectivity index (χ2v) is 10.3. The van der Waals surface area contributed by atoms with Gasteiger partial charge in [0.2, 0.25) is 5.91 Å². The van der Waals surface area contributed by atoms with Crippen LogP contribution < -0.4 is 20.3 Å². The molecule has 9 heteroatoms. The maximum absolute atomic E-state index is 14.0. The zero-order valence-corrected chi connectivity index (χ0v) is 22.2. The second-order valence-electron chi connectivity index (χ2n) is 10.3. The van der Waals surface area contributed by atoms with Gasteiger partial charge in [0, 0.05) is 57.0 Å². The molecule has 0 atom stereocenters. The molecule has 3 aromatic rings. The van der Waals surface area contributed by atoms with E-state index >= 15 is 0 Å². The maximum Gasteiger partial charge on any atom is 0.290 e. The molecule has 0 saturated carbocycles. The molecule has 2 saturated heterocycles. The fraction of sp³-hybridized carbons (Fsp3) is 0.433. The summed E-state index contributed by atoms with van der Waals surface area (Å²) in [6, 6.07) is 15.2. The van der Waals surface area contributed by atoms with E-state index in [-0.39, 0.29) is 18.0 Å². The number of hydrogen-bond donors (Lipinski definition) is 0. The minimum absolute atomic E-state index is 0.131. The minimum Gasteiger partial charge on any atom is -0.365 e. The number of rotatable bonds is 5. The predicted molar refractivity (Wildman–Crippen MR) is 149 cm³/mol. The van der Waals surface area contributed by atoms with Crippen LogP contribution in [0.15, 0.2) is 59.4 Å². The van der Waals surface area contributed by atoms with Gasteiger partial charge in [0.25, 0.3) is 5.56 Å². The van der Waals surface area contributed by atoms with Crippen molar-refractivity contribution < 1.29 is 13.6 Å². The molecule has 1 aromatic heterocycles. The molecule has 3 heterocycles. The standard InChI is InChI=1S/C30H35F2N5O2/c31-25-14-13-24(20-26(25)32)36-19-18-34(15-7-2-6-12-29(36)38)27-21-28(35-16-8-3-9-17-35)33-37(30(27)39)22-23-10-4-1-5-11-23/h1,4-5,10-11,13-14,20-21H,2-3,6-9,12,15-19,22H2. The molecule has 0 unspecified atom stereocenters. The van der Waals surface area contributed by atoms with Gasteiger partial charge < -0.3 is 14.7 Å². The van der Waals surface area contributed by atoms with E-state index in [1.54, 1.807) is 4.68 Å². The van der Waals surface area contributed by atoms with E-state index in [1.807, 2.05) is 41.3 Å². The predicted octanol–water partition coefficient (Wildman–Crippen LogP) is 4.97. The second kappa shape index (κ2) is 12.4. The molecule has 0 N–H and O–H groups in total. The first-order chi connectivity index (χ1) is 19.0. The highest BCUT2D eigenvalue weighted by molar-refractivity contribution is 5.93. The average molecular weight is 536 g/mol. The van der Waals surface area contributed by atoms with Crippen LogP contribution in [0.4, 0.5) is 26.0 Å². The lowest BCUT2D eigenvalue weighted by Gasteiger charge is -2.32. The fourth-order valence-electron chi connectivity index (χ4n) is 5.40. The van der Waals surface area contributed by atoms with Gasteiger partial charge in [-0.2, -0.15) is 5.10 Å². The summed E-state index contributed by atoms with van der Waals surface area (Å²) in [5, 5.41) is 4.78. The quantitative estimate of drug-likeness (QED) is 0.462. The molecule has 0 bridgehead atoms. The van der Waals surface area contributed by atoms with Crippen LogP contribution in [0, 0.1) is 11.6 Å². The summed E-state index contributed by atoms with van der Waals surface area (Å²) < 4.78 is 29.2. The van der Waals surface area contributed by atoms with Gasteiger partial charge in [-0.1, -0.05) is 36.8 Å². The van der Waals surface area contributed by atoms with Crippen LogP contribution in [0.1, 0.15) is 50.5 Å². The van der Waals surface area contributed by atoms with E-state index in [0.717, 1.165) is 62.3 Å². The van der Waals surface area contributed by atoms with Crippen LogP contribution in [0.3, 0.4) is 0 Å². The SMILES string of the molecule is O=C1CCCCCN(c2cc(N3CCCCC3)nn(Cc3ccccc3)c2=O)CCN1c1ccc(F)c(F)c1. The molecule has 5 rings (SSSR count). The summed E-state index contributed by atoms with van der Waals surface area (Å²) in [5.74, 6) is -1.29. The Hall–Kier alpha value is -3.75. The normalized spacial score (nSPS) is 17.4. The number of hydrogen-bond acceptors (Lipinski definition) is 5. The number of amides is 1. The first kappa shape index (κ1) is 26.8. The Kier molecular flexibility index (Phi) is 8.54. The van der Waals surface area contributed by atoms with E-state index in [0.29, 0.717) is 43.9 Å². The number of carbonyl (C=O) groups is 1. The number of aromatic nitrogens is 2. The fourth-order valence-corrected chi connectivity index (χ4v) is 5.40. The van der Waals surface area contributed by atoms with Crippen molar-refractivity contribution >= 4 is 23.1 Å². The highest BCUT2D eigenvalue weighted by Crippen LogP contribution is 2.24. The van der Waals surface area contributed by atoms with Crippen molar-refractivity contribution in [2.24, 2.45) is 0 Å². The maximum atomic E-state index is 14.0. The van der Waals surface area contributed by atoms with Crippen LogP contribution in [-0.4, -0.2) is 48.4 Å². The van der Waals surface area contributed by atoms with E-state index in [4.69, 9.17) is 5.10 Å². The van der Waals surface area contributed by atoms with Crippen molar-refractivity contribution in [3.63, 3.8) is 0 Å². The van der Waals surface area contributed by atoms with E-state index in [1.165, 1.54) is 17.4 Å². The lowest BCUT2D eigenvalue weighted by molar-refractivity contribution is -0.118. The number of benzene rings is 2. The Labute approximate surface area is 227 Å². The summed E-state index contributed by atoms with van der Waals surface area (Å²) in [6.07, 6.45) is 6.08. The van der Waals surface area contributed by atoms with Crippen molar-refractivity contribution in [2.45, 2.75) is 51.5 Å². The van der Waals surface area contributed by atoms with Gasteiger partial charge in [-0.25, -0.2) is 13.5 Å². The Morgan fingerprint density at radius 2 is 1.44 bits per heavy atom. The molecule has 0 spiro atoms. The molecule has 1 amide bonds. The van der Waals surface area contributed by atoms with Crippen LogP contribution in [0.25, 0.3) is 0 Å². The van der Waals surface area contributed by atoms with E-state index < -0.39 is 11.6 Å². The van der Waals surface area contributed by atoms with Crippen molar-refractivity contribution in [3.05, 3.63) is 82.1 Å². The third-order valence-corrected chi connectivity index (χ3v) is 7.57. The summed E-state index contributed by atoms with van der Waals surface area (Å²) in [5.41, 5.74) is 1.69. The topological polar surface area (TPSA) is 61.7 Å². The van der Waals surface area contributed by atoms with Crippen molar-refractivity contribution in [2.75, 3.05) is 47.4 Å². The molecular weight excluding hydrogens is 500 g/mol. The molecule has 206 valence electrons. The smallest absolute Gasteiger partial charge is 0.290 e. The first-order valence-electron chi connectivity index (χ1n) is 13.9. The lowest BCUT2D eigenvalue weighted by atomic mass is 10.1. The highest BCUT2D eigenvalue weighted by Gasteiger charge is 2.23. The molecule has 39 heavy (non-hydrogen) atoms. The highest BCUT2D eigenvalue weighted by atomic mass is 19.2. The Morgan fingerprint density at radius 3 is 2.18 bits per heavy atom. The molecule has 2 fully saturated rings. The number of nitrogens with zero attached hydrogens (tertiary/aromatic N) is 5. The third-order valence-electron chi connectivity index (χ3n) is 7.57. The molecule has 0 aliphatic carbocycles. The van der Waals surface area contributed by atoms with Gasteiger partial charge in [0.15, 0.2) is 17.5 Å². The van der Waals surface area contributed by atoms with Crippen LogP contribution in [0.5, 0.6) is 0 Å². The number of halogens is 2. The molecular formula is C30H35F2N5O2. The van der Waals surface area contributed by atoms with Crippen molar-refractivity contribution in [3.8, 4) is 0 Å². The monoisotopic (exact) mass is 535 g/mol. The largest absolute Gasteiger partial charge is 0.365 e. The van der Waals surface area contributed by atoms with Gasteiger partial charge in [0.1, 0.15) is 5.69 Å².